The number of esters is 1. The number of hydrogen-bond donors (Lipinski definition) is 0. The first-order valence-electron chi connectivity index (χ1n) is 7.38. The Balaban J connectivity index is 2.24. The van der Waals surface area contributed by atoms with Crippen LogP contribution in [0.15, 0.2) is 22.7 Å². The standard InChI is InChI=1S/C16H23BrN2O3S/c1-5-22-16(20)15-18-13-10-12(17)6-7-14(13)19(15)11-21-8-9-23(2,3)4/h6-7,10H,5,8-9,11H2,1-4H3. The Morgan fingerprint density at radius 2 is 2.09 bits per heavy atom. The van der Waals surface area contributed by atoms with Crippen LogP contribution >= 0.6 is 26.0 Å². The predicted molar refractivity (Wildman–Crippen MR) is 99.6 cm³/mol. The number of fused-ring (bicyclic) bond motifs is 1. The van der Waals surface area contributed by atoms with Crippen LogP contribution in [0.5, 0.6) is 0 Å². The number of carbonyl (C=O) groups is 1. The van der Waals surface area contributed by atoms with Crippen LogP contribution in [-0.2, 0) is 16.2 Å². The van der Waals surface area contributed by atoms with Gasteiger partial charge in [0.25, 0.3) is 0 Å². The molecule has 0 N–H and O–H groups in total. The summed E-state index contributed by atoms with van der Waals surface area (Å²) in [7, 11) is -0.596. The van der Waals surface area contributed by atoms with Crippen LogP contribution in [0.1, 0.15) is 17.5 Å². The number of hydrogen-bond acceptors (Lipinski definition) is 4. The zero-order chi connectivity index (χ0) is 17.0. The molecule has 0 aliphatic heterocycles. The van der Waals surface area contributed by atoms with Gasteiger partial charge in [0.15, 0.2) is 0 Å². The molecule has 0 saturated heterocycles. The second kappa shape index (κ2) is 7.68. The molecule has 0 fully saturated rings. The molecule has 128 valence electrons. The number of rotatable bonds is 7. The van der Waals surface area contributed by atoms with Crippen LogP contribution in [-0.4, -0.2) is 53.3 Å². The van der Waals surface area contributed by atoms with E-state index in [2.05, 4.69) is 39.7 Å². The Morgan fingerprint density at radius 1 is 1.35 bits per heavy atom. The molecule has 0 unspecified atom stereocenters. The average molecular weight is 403 g/mol. The molecule has 2 aromatic rings. The summed E-state index contributed by atoms with van der Waals surface area (Å²) < 4.78 is 13.6. The number of aromatic nitrogens is 2. The van der Waals surface area contributed by atoms with E-state index in [0.717, 1.165) is 21.3 Å². The van der Waals surface area contributed by atoms with Crippen molar-refractivity contribution in [1.29, 1.82) is 0 Å². The Kier molecular flexibility index (Phi) is 6.11. The topological polar surface area (TPSA) is 53.3 Å². The van der Waals surface area contributed by atoms with E-state index in [4.69, 9.17) is 9.47 Å². The van der Waals surface area contributed by atoms with Crippen LogP contribution in [0.3, 0.4) is 0 Å². The van der Waals surface area contributed by atoms with Crippen molar-refractivity contribution in [2.75, 3.05) is 37.7 Å². The van der Waals surface area contributed by atoms with Gasteiger partial charge < -0.3 is 9.47 Å². The zero-order valence-corrected chi connectivity index (χ0v) is 16.4. The molecule has 0 saturated carbocycles. The normalized spacial score (nSPS) is 12.6. The summed E-state index contributed by atoms with van der Waals surface area (Å²) in [6, 6.07) is 5.73. The van der Waals surface area contributed by atoms with Crippen molar-refractivity contribution in [3.05, 3.63) is 28.5 Å². The fraction of sp³-hybridized carbons (Fsp3) is 0.500. The Hall–Kier alpha value is -1.05. The Bertz CT molecular complexity index is 694. The Morgan fingerprint density at radius 3 is 2.74 bits per heavy atom. The molecule has 0 amide bonds. The Labute approximate surface area is 146 Å². The highest BCUT2D eigenvalue weighted by molar-refractivity contribution is 9.10. The fourth-order valence-electron chi connectivity index (χ4n) is 2.05. The van der Waals surface area contributed by atoms with Crippen LogP contribution in [0.4, 0.5) is 0 Å². The molecule has 0 aliphatic carbocycles. The molecular formula is C16H23BrN2O3S. The lowest BCUT2D eigenvalue weighted by molar-refractivity contribution is 0.0470. The first-order valence-corrected chi connectivity index (χ1v) is 11.2. The van der Waals surface area contributed by atoms with E-state index in [1.165, 1.54) is 0 Å². The second-order valence-corrected chi connectivity index (χ2v) is 11.6. The van der Waals surface area contributed by atoms with Crippen LogP contribution in [0, 0.1) is 0 Å². The van der Waals surface area contributed by atoms with Crippen molar-refractivity contribution in [2.45, 2.75) is 13.7 Å². The minimum atomic E-state index is -0.596. The lowest BCUT2D eigenvalue weighted by Gasteiger charge is -2.24. The third-order valence-electron chi connectivity index (χ3n) is 3.23. The lowest BCUT2D eigenvalue weighted by Crippen LogP contribution is -2.16. The molecule has 0 radical (unpaired) electrons. The highest BCUT2D eigenvalue weighted by Gasteiger charge is 2.19. The van der Waals surface area contributed by atoms with Crippen molar-refractivity contribution in [3.8, 4) is 0 Å². The summed E-state index contributed by atoms with van der Waals surface area (Å²) >= 11 is 3.43. The van der Waals surface area contributed by atoms with Gasteiger partial charge in [-0.2, -0.15) is 0 Å². The van der Waals surface area contributed by atoms with Crippen LogP contribution in [0.25, 0.3) is 11.0 Å². The van der Waals surface area contributed by atoms with Gasteiger partial charge in [-0.05, 0) is 43.9 Å². The van der Waals surface area contributed by atoms with Gasteiger partial charge in [0.05, 0.1) is 24.2 Å². The second-order valence-electron chi connectivity index (χ2n) is 6.05. The minimum Gasteiger partial charge on any atom is -0.460 e. The molecular weight excluding hydrogens is 380 g/mol. The monoisotopic (exact) mass is 402 g/mol. The maximum atomic E-state index is 12.1. The van der Waals surface area contributed by atoms with Crippen molar-refractivity contribution in [2.24, 2.45) is 0 Å². The van der Waals surface area contributed by atoms with E-state index in [1.807, 2.05) is 18.2 Å². The van der Waals surface area contributed by atoms with E-state index in [0.29, 0.717) is 19.9 Å². The van der Waals surface area contributed by atoms with Gasteiger partial charge in [-0.25, -0.2) is 19.8 Å². The predicted octanol–water partition coefficient (Wildman–Crippen LogP) is 3.64. The van der Waals surface area contributed by atoms with Gasteiger partial charge in [-0.15, -0.1) is 0 Å². The first kappa shape index (κ1) is 18.3. The van der Waals surface area contributed by atoms with Gasteiger partial charge in [-0.1, -0.05) is 15.9 Å². The van der Waals surface area contributed by atoms with Crippen molar-refractivity contribution < 1.29 is 14.3 Å². The molecule has 0 aliphatic rings. The van der Waals surface area contributed by atoms with Gasteiger partial charge in [0.2, 0.25) is 5.82 Å². The highest BCUT2D eigenvalue weighted by atomic mass is 79.9. The van der Waals surface area contributed by atoms with Crippen LogP contribution in [0.2, 0.25) is 0 Å². The molecule has 1 heterocycles. The number of ether oxygens (including phenoxy) is 2. The maximum Gasteiger partial charge on any atom is 0.374 e. The smallest absolute Gasteiger partial charge is 0.374 e. The molecule has 5 nitrogen and oxygen atoms in total. The first-order chi connectivity index (χ1) is 10.8. The van der Waals surface area contributed by atoms with Gasteiger partial charge in [0.1, 0.15) is 6.73 Å². The lowest BCUT2D eigenvalue weighted by atomic mass is 10.3. The van der Waals surface area contributed by atoms with Gasteiger partial charge in [0, 0.05) is 10.2 Å². The van der Waals surface area contributed by atoms with Crippen molar-refractivity contribution in [1.82, 2.24) is 9.55 Å². The van der Waals surface area contributed by atoms with E-state index < -0.39 is 16.0 Å². The molecule has 2 rings (SSSR count). The molecule has 0 bridgehead atoms. The largest absolute Gasteiger partial charge is 0.460 e. The van der Waals surface area contributed by atoms with E-state index in [-0.39, 0.29) is 5.82 Å². The summed E-state index contributed by atoms with van der Waals surface area (Å²) in [6.07, 6.45) is 6.76. The molecule has 7 heteroatoms. The van der Waals surface area contributed by atoms with Crippen LogP contribution < -0.4 is 0 Å². The number of imidazole rings is 1. The maximum absolute atomic E-state index is 12.1. The number of halogens is 1. The van der Waals surface area contributed by atoms with Crippen molar-refractivity contribution >= 4 is 43.0 Å². The van der Waals surface area contributed by atoms with E-state index >= 15 is 0 Å². The number of benzene rings is 1. The molecule has 1 aromatic carbocycles. The fourth-order valence-corrected chi connectivity index (χ4v) is 3.02. The van der Waals surface area contributed by atoms with Gasteiger partial charge in [-0.3, -0.25) is 4.57 Å². The summed E-state index contributed by atoms with van der Waals surface area (Å²) in [4.78, 5) is 16.5. The van der Waals surface area contributed by atoms with Crippen molar-refractivity contribution in [3.63, 3.8) is 0 Å². The van der Waals surface area contributed by atoms with E-state index in [1.54, 1.807) is 11.5 Å². The minimum absolute atomic E-state index is 0.281. The average Bonchev–Trinajstić information content (AvgIpc) is 2.80. The molecule has 0 spiro atoms. The third kappa shape index (κ3) is 4.96. The van der Waals surface area contributed by atoms with Gasteiger partial charge >= 0.3 is 5.97 Å². The summed E-state index contributed by atoms with van der Waals surface area (Å²) in [5, 5.41) is 0. The summed E-state index contributed by atoms with van der Waals surface area (Å²) in [5.41, 5.74) is 1.60. The quantitative estimate of drug-likeness (QED) is 0.523. The SMILES string of the molecule is CCOC(=O)c1nc2cc(Br)ccc2n1COCCS(C)(C)C. The number of carbonyl (C=O) groups excluding carboxylic acids is 1. The molecule has 23 heavy (non-hydrogen) atoms. The number of nitrogens with zero attached hydrogens (tertiary/aromatic N) is 2. The highest BCUT2D eigenvalue weighted by Crippen LogP contribution is 2.33. The summed E-state index contributed by atoms with van der Waals surface area (Å²) in [6.45, 7) is 3.06. The van der Waals surface area contributed by atoms with E-state index in [9.17, 15) is 4.79 Å². The zero-order valence-electron chi connectivity index (χ0n) is 14.0. The molecule has 0 atom stereocenters. The summed E-state index contributed by atoms with van der Waals surface area (Å²) in [5.74, 6) is 0.882. The third-order valence-corrected chi connectivity index (χ3v) is 5.11. The molecule has 1 aromatic heterocycles.